The van der Waals surface area contributed by atoms with Gasteiger partial charge in [-0.2, -0.15) is 0 Å². The number of piperazine rings is 1. The van der Waals surface area contributed by atoms with Crippen LogP contribution < -0.4 is 0 Å². The monoisotopic (exact) mass is 305 g/mol. The van der Waals surface area contributed by atoms with Crippen molar-refractivity contribution in [1.82, 2.24) is 9.80 Å². The van der Waals surface area contributed by atoms with E-state index in [0.29, 0.717) is 30.8 Å². The highest BCUT2D eigenvalue weighted by molar-refractivity contribution is 6.04. The number of oxime groups is 1. The predicted molar refractivity (Wildman–Crippen MR) is 81.1 cm³/mol. The normalized spacial score (nSPS) is 22.4. The Morgan fingerprint density at radius 1 is 1.32 bits per heavy atom. The van der Waals surface area contributed by atoms with E-state index in [4.69, 9.17) is 4.84 Å². The maximum Gasteiger partial charge on any atom is 0.266 e. The van der Waals surface area contributed by atoms with Crippen molar-refractivity contribution in [3.8, 4) is 0 Å². The highest BCUT2D eigenvalue weighted by Crippen LogP contribution is 2.20. The standard InChI is InChI=1S/C16H20FN3O2/c1-2-19-7-9-20(10-8-19)16(21)15-11-14(18-22-15)12-5-3-4-6-13(12)17/h3-6,15H,2,7-11H2,1H3/t15-/m0/s1. The Bertz CT molecular complexity index is 583. The molecule has 6 heteroatoms. The van der Waals surface area contributed by atoms with Crippen LogP contribution in [-0.4, -0.2) is 60.2 Å². The molecule has 2 aliphatic heterocycles. The quantitative estimate of drug-likeness (QED) is 0.850. The smallest absolute Gasteiger partial charge is 0.266 e. The lowest BCUT2D eigenvalue weighted by atomic mass is 10.0. The lowest BCUT2D eigenvalue weighted by Gasteiger charge is -2.34. The van der Waals surface area contributed by atoms with Crippen LogP contribution in [0.2, 0.25) is 0 Å². The van der Waals surface area contributed by atoms with Gasteiger partial charge in [0.05, 0.1) is 5.71 Å². The molecule has 0 aromatic heterocycles. The fraction of sp³-hybridized carbons (Fsp3) is 0.500. The summed E-state index contributed by atoms with van der Waals surface area (Å²) in [5.74, 6) is -0.389. The average Bonchev–Trinajstić information content (AvgIpc) is 3.04. The third kappa shape index (κ3) is 2.97. The molecule has 1 atom stereocenters. The first-order valence-electron chi connectivity index (χ1n) is 7.67. The third-order valence-electron chi connectivity index (χ3n) is 4.26. The number of halogens is 1. The SMILES string of the molecule is CCN1CCN(C(=O)[C@@H]2CC(c3ccccc3F)=NO2)CC1. The number of amides is 1. The molecule has 0 saturated carbocycles. The zero-order valence-corrected chi connectivity index (χ0v) is 12.7. The van der Waals surface area contributed by atoms with Crippen LogP contribution in [0.15, 0.2) is 29.4 Å². The first-order chi connectivity index (χ1) is 10.7. The summed E-state index contributed by atoms with van der Waals surface area (Å²) in [4.78, 5) is 21.9. The van der Waals surface area contributed by atoms with Gasteiger partial charge in [0.1, 0.15) is 5.82 Å². The second-order valence-corrected chi connectivity index (χ2v) is 5.58. The summed E-state index contributed by atoms with van der Waals surface area (Å²) in [5, 5.41) is 3.91. The highest BCUT2D eigenvalue weighted by Gasteiger charge is 2.34. The summed E-state index contributed by atoms with van der Waals surface area (Å²) in [5.41, 5.74) is 0.914. The molecule has 0 aliphatic carbocycles. The summed E-state index contributed by atoms with van der Waals surface area (Å²) in [6, 6.07) is 6.42. The third-order valence-corrected chi connectivity index (χ3v) is 4.26. The largest absolute Gasteiger partial charge is 0.382 e. The van der Waals surface area contributed by atoms with Gasteiger partial charge in [0.15, 0.2) is 0 Å². The van der Waals surface area contributed by atoms with E-state index < -0.39 is 6.10 Å². The van der Waals surface area contributed by atoms with Crippen LogP contribution in [0.1, 0.15) is 18.9 Å². The molecule has 2 aliphatic rings. The molecule has 118 valence electrons. The van der Waals surface area contributed by atoms with E-state index in [1.807, 2.05) is 4.90 Å². The first-order valence-corrected chi connectivity index (χ1v) is 7.67. The number of hydrogen-bond donors (Lipinski definition) is 0. The Labute approximate surface area is 129 Å². The molecule has 2 heterocycles. The van der Waals surface area contributed by atoms with Gasteiger partial charge >= 0.3 is 0 Å². The van der Waals surface area contributed by atoms with E-state index in [0.717, 1.165) is 19.6 Å². The van der Waals surface area contributed by atoms with Gasteiger partial charge in [-0.15, -0.1) is 0 Å². The van der Waals surface area contributed by atoms with Crippen molar-refractivity contribution in [2.24, 2.45) is 5.16 Å². The first kappa shape index (κ1) is 15.0. The average molecular weight is 305 g/mol. The van der Waals surface area contributed by atoms with Gasteiger partial charge in [-0.3, -0.25) is 4.79 Å². The number of likely N-dealkylation sites (N-methyl/N-ethyl adjacent to an activating group) is 1. The Morgan fingerprint density at radius 3 is 2.73 bits per heavy atom. The number of hydrogen-bond acceptors (Lipinski definition) is 4. The molecule has 0 N–H and O–H groups in total. The van der Waals surface area contributed by atoms with Gasteiger partial charge in [0, 0.05) is 38.2 Å². The van der Waals surface area contributed by atoms with Crippen LogP contribution >= 0.6 is 0 Å². The maximum atomic E-state index is 13.8. The number of nitrogens with zero attached hydrogens (tertiary/aromatic N) is 3. The van der Waals surface area contributed by atoms with Gasteiger partial charge in [-0.25, -0.2) is 4.39 Å². The molecule has 0 bridgehead atoms. The molecule has 0 spiro atoms. The lowest BCUT2D eigenvalue weighted by molar-refractivity contribution is -0.143. The highest BCUT2D eigenvalue weighted by atomic mass is 19.1. The minimum absolute atomic E-state index is 0.0501. The Hall–Kier alpha value is -1.95. The topological polar surface area (TPSA) is 45.1 Å². The Morgan fingerprint density at radius 2 is 2.05 bits per heavy atom. The number of rotatable bonds is 3. The van der Waals surface area contributed by atoms with Crippen molar-refractivity contribution >= 4 is 11.6 Å². The van der Waals surface area contributed by atoms with Crippen molar-refractivity contribution in [1.29, 1.82) is 0 Å². The van der Waals surface area contributed by atoms with Crippen LogP contribution in [0.3, 0.4) is 0 Å². The number of carbonyl (C=O) groups excluding carboxylic acids is 1. The van der Waals surface area contributed by atoms with Crippen LogP contribution in [0.25, 0.3) is 0 Å². The van der Waals surface area contributed by atoms with E-state index in [-0.39, 0.29) is 11.7 Å². The zero-order valence-electron chi connectivity index (χ0n) is 12.7. The minimum Gasteiger partial charge on any atom is -0.382 e. The van der Waals surface area contributed by atoms with Gasteiger partial charge in [-0.1, -0.05) is 30.3 Å². The molecule has 0 unspecified atom stereocenters. The lowest BCUT2D eigenvalue weighted by Crippen LogP contribution is -2.51. The molecule has 1 aromatic rings. The molecule has 5 nitrogen and oxygen atoms in total. The fourth-order valence-corrected chi connectivity index (χ4v) is 2.85. The van der Waals surface area contributed by atoms with E-state index in [9.17, 15) is 9.18 Å². The second kappa shape index (κ2) is 6.44. The summed E-state index contributed by atoms with van der Waals surface area (Å²) in [6.07, 6.45) is -0.295. The van der Waals surface area contributed by atoms with E-state index in [2.05, 4.69) is 17.0 Å². The zero-order chi connectivity index (χ0) is 15.5. The second-order valence-electron chi connectivity index (χ2n) is 5.58. The molecular formula is C16H20FN3O2. The number of benzene rings is 1. The summed E-state index contributed by atoms with van der Waals surface area (Å²) in [7, 11) is 0. The summed E-state index contributed by atoms with van der Waals surface area (Å²) < 4.78 is 13.8. The molecular weight excluding hydrogens is 285 g/mol. The van der Waals surface area contributed by atoms with Gasteiger partial charge in [0.2, 0.25) is 6.10 Å². The van der Waals surface area contributed by atoms with Crippen molar-refractivity contribution in [2.45, 2.75) is 19.4 Å². The van der Waals surface area contributed by atoms with E-state index in [1.54, 1.807) is 18.2 Å². The van der Waals surface area contributed by atoms with Crippen molar-refractivity contribution < 1.29 is 14.0 Å². The molecule has 3 rings (SSSR count). The molecule has 1 aromatic carbocycles. The van der Waals surface area contributed by atoms with Crippen LogP contribution in [0.4, 0.5) is 4.39 Å². The van der Waals surface area contributed by atoms with Gasteiger partial charge in [-0.05, 0) is 12.6 Å². The van der Waals surface area contributed by atoms with E-state index >= 15 is 0 Å². The van der Waals surface area contributed by atoms with Crippen molar-refractivity contribution in [3.63, 3.8) is 0 Å². The summed E-state index contributed by atoms with van der Waals surface area (Å²) >= 11 is 0. The molecule has 1 amide bonds. The van der Waals surface area contributed by atoms with Gasteiger partial charge < -0.3 is 14.6 Å². The molecule has 0 radical (unpaired) electrons. The van der Waals surface area contributed by atoms with Crippen molar-refractivity contribution in [2.75, 3.05) is 32.7 Å². The van der Waals surface area contributed by atoms with E-state index in [1.165, 1.54) is 6.07 Å². The molecule has 1 fully saturated rings. The van der Waals surface area contributed by atoms with Crippen molar-refractivity contribution in [3.05, 3.63) is 35.6 Å². The predicted octanol–water partition coefficient (Wildman–Crippen LogP) is 1.48. The van der Waals surface area contributed by atoms with Crippen LogP contribution in [0.5, 0.6) is 0 Å². The van der Waals surface area contributed by atoms with Gasteiger partial charge in [0.25, 0.3) is 5.91 Å². The summed E-state index contributed by atoms with van der Waals surface area (Å²) in [6.45, 7) is 6.31. The fourth-order valence-electron chi connectivity index (χ4n) is 2.85. The molecule has 1 saturated heterocycles. The minimum atomic E-state index is -0.622. The van der Waals surface area contributed by atoms with Crippen LogP contribution in [0, 0.1) is 5.82 Å². The Balaban J connectivity index is 1.60. The number of carbonyl (C=O) groups is 1. The maximum absolute atomic E-state index is 13.8. The molecule has 22 heavy (non-hydrogen) atoms. The van der Waals surface area contributed by atoms with Crippen LogP contribution in [-0.2, 0) is 9.63 Å². The Kier molecular flexibility index (Phi) is 4.38.